The van der Waals surface area contributed by atoms with Crippen LogP contribution in [-0.4, -0.2) is 89.9 Å². The van der Waals surface area contributed by atoms with Gasteiger partial charge in [0, 0.05) is 50.3 Å². The molecule has 13 heteroatoms. The van der Waals surface area contributed by atoms with Crippen LogP contribution >= 0.6 is 0 Å². The van der Waals surface area contributed by atoms with Crippen LogP contribution in [0, 0.1) is 12.8 Å². The van der Waals surface area contributed by atoms with E-state index in [0.717, 1.165) is 68.1 Å². The molecule has 3 rings (SSSR count). The molecule has 0 radical (unpaired) electrons. The van der Waals surface area contributed by atoms with Crippen LogP contribution in [0.1, 0.15) is 106 Å². The molecule has 1 aliphatic rings. The quantitative estimate of drug-likeness (QED) is 0.0756. The number of Topliss-reactive ketones (excluding diaryl/α,β-unsaturated/α-hetero) is 2. The van der Waals surface area contributed by atoms with Crippen LogP contribution in [0.25, 0.3) is 0 Å². The average Bonchev–Trinajstić information content (AvgIpc) is 3.09. The van der Waals surface area contributed by atoms with Gasteiger partial charge in [-0.2, -0.15) is 8.42 Å². The lowest BCUT2D eigenvalue weighted by Crippen LogP contribution is -2.56. The van der Waals surface area contributed by atoms with E-state index < -0.39 is 47.5 Å². The number of carbonyl (C=O) groups is 3. The third-order valence-corrected chi connectivity index (χ3v) is 9.71. The van der Waals surface area contributed by atoms with E-state index in [-0.39, 0.29) is 30.3 Å². The lowest BCUT2D eigenvalue weighted by molar-refractivity contribution is -0.255. The smallest absolute Gasteiger partial charge is 0.397 e. The zero-order valence-electron chi connectivity index (χ0n) is 30.1. The number of ether oxygens (including phenoxy) is 2. The zero-order valence-corrected chi connectivity index (χ0v) is 30.9. The minimum absolute atomic E-state index is 0.00392. The number of benzene rings is 2. The third-order valence-electron chi connectivity index (χ3n) is 9.28. The van der Waals surface area contributed by atoms with Gasteiger partial charge in [-0.05, 0) is 49.4 Å². The van der Waals surface area contributed by atoms with E-state index in [4.69, 9.17) is 14.0 Å². The summed E-state index contributed by atoms with van der Waals surface area (Å²) in [4.78, 5) is 40.3. The van der Waals surface area contributed by atoms with Crippen molar-refractivity contribution in [1.82, 2.24) is 4.90 Å². The molecule has 1 aliphatic heterocycles. The molecule has 1 fully saturated rings. The number of amides is 1. The van der Waals surface area contributed by atoms with Crippen LogP contribution in [-0.2, 0) is 35.3 Å². The van der Waals surface area contributed by atoms with Gasteiger partial charge in [0.1, 0.15) is 23.7 Å². The fraction of sp³-hybridized carbons (Fsp3) is 0.605. The summed E-state index contributed by atoms with van der Waals surface area (Å²) in [6.07, 6.45) is 3.70. The lowest BCUT2D eigenvalue weighted by atomic mass is 9.92. The molecule has 5 unspecified atom stereocenters. The van der Waals surface area contributed by atoms with Gasteiger partial charge in [-0.3, -0.25) is 18.9 Å². The van der Waals surface area contributed by atoms with Gasteiger partial charge in [-0.1, -0.05) is 82.3 Å². The summed E-state index contributed by atoms with van der Waals surface area (Å²) in [7, 11) is -4.78. The van der Waals surface area contributed by atoms with Crippen LogP contribution in [0.4, 0.5) is 0 Å². The second-order valence-electron chi connectivity index (χ2n) is 13.4. The summed E-state index contributed by atoms with van der Waals surface area (Å²) < 4.78 is 46.8. The number of carbonyl (C=O) groups excluding carboxylic acids is 3. The number of hydrogen-bond acceptors (Lipinski definition) is 10. The summed E-state index contributed by atoms with van der Waals surface area (Å²) in [5, 5.41) is 20.7. The van der Waals surface area contributed by atoms with Crippen LogP contribution in [0.15, 0.2) is 48.5 Å². The molecule has 2 aromatic carbocycles. The first-order valence-electron chi connectivity index (χ1n) is 18.1. The molecule has 0 aliphatic carbocycles. The number of rotatable bonds is 23. The fourth-order valence-electron chi connectivity index (χ4n) is 6.06. The Morgan fingerprint density at radius 1 is 0.863 bits per heavy atom. The molecule has 1 amide bonds. The van der Waals surface area contributed by atoms with E-state index >= 15 is 0 Å². The number of hydrogen-bond donors (Lipinski definition) is 3. The predicted octanol–water partition coefficient (Wildman–Crippen LogP) is 5.41. The maximum absolute atomic E-state index is 13.1. The van der Waals surface area contributed by atoms with E-state index in [2.05, 4.69) is 11.1 Å². The van der Waals surface area contributed by atoms with Crippen molar-refractivity contribution in [2.75, 3.05) is 19.7 Å². The molecule has 0 spiro atoms. The van der Waals surface area contributed by atoms with E-state index in [9.17, 15) is 33.0 Å². The summed E-state index contributed by atoms with van der Waals surface area (Å²) in [5.41, 5.74) is 2.33. The number of aliphatic hydroxyl groups excluding tert-OH is 2. The van der Waals surface area contributed by atoms with Crippen molar-refractivity contribution in [1.29, 1.82) is 0 Å². The number of ketones is 2. The Bertz CT molecular complexity index is 1500. The Morgan fingerprint density at radius 2 is 1.55 bits per heavy atom. The molecule has 284 valence electrons. The van der Waals surface area contributed by atoms with Crippen LogP contribution in [0.5, 0.6) is 5.75 Å². The third kappa shape index (κ3) is 14.8. The Morgan fingerprint density at radius 3 is 2.24 bits per heavy atom. The molecule has 2 aromatic rings. The van der Waals surface area contributed by atoms with Crippen LogP contribution in [0.3, 0.4) is 0 Å². The second kappa shape index (κ2) is 21.4. The van der Waals surface area contributed by atoms with Gasteiger partial charge in [-0.15, -0.1) is 0 Å². The summed E-state index contributed by atoms with van der Waals surface area (Å²) >= 11 is 0. The first kappa shape index (κ1) is 42.2. The Labute approximate surface area is 302 Å². The Hall–Kier alpha value is -3.20. The minimum atomic E-state index is -4.78. The van der Waals surface area contributed by atoms with Crippen molar-refractivity contribution < 1.29 is 51.2 Å². The number of aliphatic hydroxyl groups is 2. The van der Waals surface area contributed by atoms with Crippen molar-refractivity contribution in [3.8, 4) is 5.75 Å². The van der Waals surface area contributed by atoms with Gasteiger partial charge >= 0.3 is 10.4 Å². The SMILES string of the molecule is CCCCCC(=O)N(CCCCCCCC(=O)c1ccccc1)CCC(=O)Cc1ccc(OC2OC(COS(=O)(=O)O)C(O)C(O)C2C)cc1C. The molecule has 5 atom stereocenters. The largest absolute Gasteiger partial charge is 0.465 e. The maximum atomic E-state index is 13.1. The second-order valence-corrected chi connectivity index (χ2v) is 14.5. The average molecular weight is 734 g/mol. The number of nitrogens with zero attached hydrogens (tertiary/aromatic N) is 1. The Balaban J connectivity index is 1.48. The lowest BCUT2D eigenvalue weighted by Gasteiger charge is -2.40. The van der Waals surface area contributed by atoms with Gasteiger partial charge < -0.3 is 24.6 Å². The molecule has 51 heavy (non-hydrogen) atoms. The minimum Gasteiger partial charge on any atom is -0.465 e. The molecule has 1 heterocycles. The van der Waals surface area contributed by atoms with Gasteiger partial charge in [-0.25, -0.2) is 4.18 Å². The molecule has 3 N–H and O–H groups in total. The highest BCUT2D eigenvalue weighted by atomic mass is 32.3. The molecule has 0 bridgehead atoms. The monoisotopic (exact) mass is 733 g/mol. The van der Waals surface area contributed by atoms with Gasteiger partial charge in [0.25, 0.3) is 0 Å². The highest BCUT2D eigenvalue weighted by molar-refractivity contribution is 7.80. The zero-order chi connectivity index (χ0) is 37.4. The normalized spacial score (nSPS) is 20.5. The van der Waals surface area contributed by atoms with Crippen LogP contribution in [0.2, 0.25) is 0 Å². The van der Waals surface area contributed by atoms with E-state index in [1.54, 1.807) is 25.1 Å². The molecular formula is C38H55NO11S. The molecule has 0 saturated carbocycles. The van der Waals surface area contributed by atoms with Gasteiger partial charge in [0.2, 0.25) is 12.2 Å². The molecule has 12 nitrogen and oxygen atoms in total. The predicted molar refractivity (Wildman–Crippen MR) is 192 cm³/mol. The number of unbranched alkanes of at least 4 members (excludes halogenated alkanes) is 6. The van der Waals surface area contributed by atoms with E-state index in [0.29, 0.717) is 31.7 Å². The van der Waals surface area contributed by atoms with Crippen molar-refractivity contribution in [2.24, 2.45) is 5.92 Å². The maximum Gasteiger partial charge on any atom is 0.397 e. The summed E-state index contributed by atoms with van der Waals surface area (Å²) in [6, 6.07) is 14.5. The molecule has 1 saturated heterocycles. The van der Waals surface area contributed by atoms with Gasteiger partial charge in [0.15, 0.2) is 5.78 Å². The highest BCUT2D eigenvalue weighted by Crippen LogP contribution is 2.30. The topological polar surface area (TPSA) is 177 Å². The van der Waals surface area contributed by atoms with Crippen molar-refractivity contribution >= 4 is 27.9 Å². The number of aryl methyl sites for hydroxylation is 1. The van der Waals surface area contributed by atoms with Gasteiger partial charge in [0.05, 0.1) is 12.7 Å². The fourth-order valence-corrected chi connectivity index (χ4v) is 6.37. The Kier molecular flexibility index (Phi) is 17.7. The standard InChI is InChI=1S/C38H55NO11S/c1-4-5-10-18-35(42)39(22-14-8-6-7-13-17-33(41)29-15-11-9-12-16-29)23-21-31(40)25-30-19-20-32(24-27(30)2)49-38-28(3)36(43)37(44)34(50-38)26-48-51(45,46)47/h9,11-12,15-16,19-20,24,28,34,36-38,43-44H,4-8,10,13-14,17-18,21-23,25-26H2,1-3H3,(H,45,46,47). The first-order chi connectivity index (χ1) is 24.3. The van der Waals surface area contributed by atoms with Crippen molar-refractivity contribution in [2.45, 2.75) is 122 Å². The van der Waals surface area contributed by atoms with Crippen molar-refractivity contribution in [3.05, 3.63) is 65.2 Å². The van der Waals surface area contributed by atoms with Crippen molar-refractivity contribution in [3.63, 3.8) is 0 Å². The van der Waals surface area contributed by atoms with Crippen LogP contribution < -0.4 is 4.74 Å². The summed E-state index contributed by atoms with van der Waals surface area (Å²) in [6.45, 7) is 5.78. The van der Waals surface area contributed by atoms with E-state index in [1.165, 1.54) is 0 Å². The van der Waals surface area contributed by atoms with E-state index in [1.807, 2.05) is 42.2 Å². The molecule has 0 aromatic heterocycles. The first-order valence-corrected chi connectivity index (χ1v) is 19.4. The summed E-state index contributed by atoms with van der Waals surface area (Å²) in [5.74, 6) is -0.0655. The highest BCUT2D eigenvalue weighted by Gasteiger charge is 2.44. The molecular weight excluding hydrogens is 678 g/mol.